The molecule has 0 aliphatic carbocycles. The minimum Gasteiger partial charge on any atom is -0.396 e. The standard InChI is InChI=1S/C11H17NOS/c1-14-10-6-4-9(5-7-10)11(12)3-2-8-13/h4-7,11,13H,2-3,8,12H2,1H3/t11-/m1/s1. The molecule has 0 unspecified atom stereocenters. The van der Waals surface area contributed by atoms with Crippen molar-refractivity contribution in [3.63, 3.8) is 0 Å². The Morgan fingerprint density at radius 1 is 1.36 bits per heavy atom. The van der Waals surface area contributed by atoms with Crippen molar-refractivity contribution in [2.24, 2.45) is 5.73 Å². The highest BCUT2D eigenvalue weighted by atomic mass is 32.2. The van der Waals surface area contributed by atoms with Crippen LogP contribution in [0.15, 0.2) is 29.2 Å². The summed E-state index contributed by atoms with van der Waals surface area (Å²) < 4.78 is 0. The molecular formula is C11H17NOS. The monoisotopic (exact) mass is 211 g/mol. The van der Waals surface area contributed by atoms with Gasteiger partial charge in [0.25, 0.3) is 0 Å². The fourth-order valence-electron chi connectivity index (χ4n) is 1.33. The van der Waals surface area contributed by atoms with Crippen molar-refractivity contribution in [1.82, 2.24) is 0 Å². The Balaban J connectivity index is 2.57. The summed E-state index contributed by atoms with van der Waals surface area (Å²) in [6.07, 6.45) is 3.67. The third-order valence-corrected chi connectivity index (χ3v) is 2.96. The summed E-state index contributed by atoms with van der Waals surface area (Å²) in [6, 6.07) is 8.34. The molecule has 3 N–H and O–H groups in total. The fourth-order valence-corrected chi connectivity index (χ4v) is 1.74. The van der Waals surface area contributed by atoms with E-state index >= 15 is 0 Å². The van der Waals surface area contributed by atoms with Crippen molar-refractivity contribution in [3.05, 3.63) is 29.8 Å². The smallest absolute Gasteiger partial charge is 0.0431 e. The lowest BCUT2D eigenvalue weighted by atomic mass is 10.0. The first kappa shape index (κ1) is 11.6. The predicted molar refractivity (Wildman–Crippen MR) is 61.5 cm³/mol. The van der Waals surface area contributed by atoms with E-state index in [1.54, 1.807) is 11.8 Å². The molecule has 0 spiro atoms. The summed E-state index contributed by atoms with van der Waals surface area (Å²) in [7, 11) is 0. The van der Waals surface area contributed by atoms with Crippen LogP contribution in [-0.4, -0.2) is 18.0 Å². The van der Waals surface area contributed by atoms with E-state index in [4.69, 9.17) is 10.8 Å². The van der Waals surface area contributed by atoms with Crippen molar-refractivity contribution in [3.8, 4) is 0 Å². The molecule has 0 fully saturated rings. The van der Waals surface area contributed by atoms with Crippen LogP contribution in [0.3, 0.4) is 0 Å². The van der Waals surface area contributed by atoms with Crippen molar-refractivity contribution in [2.45, 2.75) is 23.8 Å². The molecule has 0 aromatic heterocycles. The first-order valence-electron chi connectivity index (χ1n) is 4.78. The second-order valence-electron chi connectivity index (χ2n) is 3.25. The average Bonchev–Trinajstić information content (AvgIpc) is 2.26. The van der Waals surface area contributed by atoms with Gasteiger partial charge in [-0.05, 0) is 36.8 Å². The van der Waals surface area contributed by atoms with Gasteiger partial charge in [0.1, 0.15) is 0 Å². The number of rotatable bonds is 5. The highest BCUT2D eigenvalue weighted by Gasteiger charge is 2.04. The Kier molecular flexibility index (Phi) is 5.01. The maximum absolute atomic E-state index is 8.69. The Hall–Kier alpha value is -0.510. The lowest BCUT2D eigenvalue weighted by Crippen LogP contribution is -2.10. The van der Waals surface area contributed by atoms with Gasteiger partial charge in [-0.2, -0.15) is 0 Å². The summed E-state index contributed by atoms with van der Waals surface area (Å²) in [6.45, 7) is 0.219. The van der Waals surface area contributed by atoms with Gasteiger partial charge < -0.3 is 10.8 Å². The third kappa shape index (κ3) is 3.33. The van der Waals surface area contributed by atoms with Crippen molar-refractivity contribution in [1.29, 1.82) is 0 Å². The topological polar surface area (TPSA) is 46.2 Å². The normalized spacial score (nSPS) is 12.8. The van der Waals surface area contributed by atoms with Crippen molar-refractivity contribution >= 4 is 11.8 Å². The molecule has 1 aromatic carbocycles. The molecule has 0 bridgehead atoms. The minimum atomic E-state index is 0.0538. The average molecular weight is 211 g/mol. The van der Waals surface area contributed by atoms with Crippen LogP contribution in [0.1, 0.15) is 24.4 Å². The first-order valence-corrected chi connectivity index (χ1v) is 6.00. The SMILES string of the molecule is CSc1ccc([C@H](N)CCCO)cc1. The molecule has 1 atom stereocenters. The van der Waals surface area contributed by atoms with Crippen molar-refractivity contribution < 1.29 is 5.11 Å². The van der Waals surface area contributed by atoms with Gasteiger partial charge in [0.2, 0.25) is 0 Å². The summed E-state index contributed by atoms with van der Waals surface area (Å²) in [5.41, 5.74) is 7.10. The van der Waals surface area contributed by atoms with Crippen LogP contribution in [-0.2, 0) is 0 Å². The van der Waals surface area contributed by atoms with Gasteiger partial charge >= 0.3 is 0 Å². The van der Waals surface area contributed by atoms with Crippen LogP contribution < -0.4 is 5.73 Å². The highest BCUT2D eigenvalue weighted by molar-refractivity contribution is 7.98. The van der Waals surface area contributed by atoms with Gasteiger partial charge in [0.05, 0.1) is 0 Å². The van der Waals surface area contributed by atoms with E-state index in [-0.39, 0.29) is 12.6 Å². The molecular weight excluding hydrogens is 194 g/mol. The zero-order valence-electron chi connectivity index (χ0n) is 8.44. The van der Waals surface area contributed by atoms with E-state index in [9.17, 15) is 0 Å². The van der Waals surface area contributed by atoms with Gasteiger partial charge in [-0.15, -0.1) is 11.8 Å². The van der Waals surface area contributed by atoms with Crippen LogP contribution in [0.5, 0.6) is 0 Å². The molecule has 0 radical (unpaired) electrons. The summed E-state index contributed by atoms with van der Waals surface area (Å²) in [5.74, 6) is 0. The van der Waals surface area contributed by atoms with Crippen molar-refractivity contribution in [2.75, 3.05) is 12.9 Å². The second-order valence-corrected chi connectivity index (χ2v) is 4.13. The zero-order chi connectivity index (χ0) is 10.4. The lowest BCUT2D eigenvalue weighted by Gasteiger charge is -2.11. The van der Waals surface area contributed by atoms with Gasteiger partial charge in [-0.3, -0.25) is 0 Å². The van der Waals surface area contributed by atoms with E-state index < -0.39 is 0 Å². The van der Waals surface area contributed by atoms with Gasteiger partial charge in [-0.25, -0.2) is 0 Å². The Labute approximate surface area is 89.5 Å². The number of benzene rings is 1. The van der Waals surface area contributed by atoms with Gasteiger partial charge in [0, 0.05) is 17.5 Å². The summed E-state index contributed by atoms with van der Waals surface area (Å²) >= 11 is 1.73. The van der Waals surface area contributed by atoms with Crippen LogP contribution in [0.2, 0.25) is 0 Å². The summed E-state index contributed by atoms with van der Waals surface area (Å²) in [4.78, 5) is 1.25. The predicted octanol–water partition coefficient (Wildman–Crippen LogP) is 2.18. The molecule has 0 amide bonds. The number of nitrogens with two attached hydrogens (primary N) is 1. The Morgan fingerprint density at radius 2 is 2.00 bits per heavy atom. The molecule has 2 nitrogen and oxygen atoms in total. The van der Waals surface area contributed by atoms with E-state index in [2.05, 4.69) is 30.5 Å². The number of hydrogen-bond donors (Lipinski definition) is 2. The Morgan fingerprint density at radius 3 is 2.50 bits per heavy atom. The van der Waals surface area contributed by atoms with E-state index in [0.717, 1.165) is 18.4 Å². The van der Waals surface area contributed by atoms with E-state index in [1.165, 1.54) is 4.90 Å². The maximum Gasteiger partial charge on any atom is 0.0431 e. The number of aliphatic hydroxyl groups is 1. The molecule has 0 heterocycles. The van der Waals surface area contributed by atoms with Gasteiger partial charge in [-0.1, -0.05) is 12.1 Å². The molecule has 0 aliphatic heterocycles. The minimum absolute atomic E-state index is 0.0538. The zero-order valence-corrected chi connectivity index (χ0v) is 9.26. The molecule has 0 saturated heterocycles. The Bertz CT molecular complexity index is 260. The summed E-state index contributed by atoms with van der Waals surface area (Å²) in [5, 5.41) is 8.69. The van der Waals surface area contributed by atoms with Crippen LogP contribution in [0.4, 0.5) is 0 Å². The maximum atomic E-state index is 8.69. The molecule has 14 heavy (non-hydrogen) atoms. The lowest BCUT2D eigenvalue weighted by molar-refractivity contribution is 0.280. The quantitative estimate of drug-likeness (QED) is 0.734. The first-order chi connectivity index (χ1) is 6.77. The van der Waals surface area contributed by atoms with Crippen LogP contribution >= 0.6 is 11.8 Å². The number of hydrogen-bond acceptors (Lipinski definition) is 3. The highest BCUT2D eigenvalue weighted by Crippen LogP contribution is 2.20. The molecule has 0 aliphatic rings. The second kappa shape index (κ2) is 6.06. The van der Waals surface area contributed by atoms with Gasteiger partial charge in [0.15, 0.2) is 0 Å². The van der Waals surface area contributed by atoms with E-state index in [1.807, 2.05) is 0 Å². The number of aliphatic hydroxyl groups excluding tert-OH is 1. The van der Waals surface area contributed by atoms with Crippen LogP contribution in [0.25, 0.3) is 0 Å². The molecule has 1 rings (SSSR count). The van der Waals surface area contributed by atoms with Crippen LogP contribution in [0, 0.1) is 0 Å². The van der Waals surface area contributed by atoms with E-state index in [0.29, 0.717) is 0 Å². The molecule has 1 aromatic rings. The molecule has 0 saturated carbocycles. The largest absolute Gasteiger partial charge is 0.396 e. The third-order valence-electron chi connectivity index (χ3n) is 2.22. The fraction of sp³-hybridized carbons (Fsp3) is 0.455. The number of thioether (sulfide) groups is 1. The molecule has 78 valence electrons. The molecule has 3 heteroatoms.